The number of carbonyl (C=O) groups is 1. The first kappa shape index (κ1) is 14.7. The van der Waals surface area contributed by atoms with E-state index in [0.29, 0.717) is 18.2 Å². The Morgan fingerprint density at radius 3 is 3.05 bits per heavy atom. The third kappa shape index (κ3) is 3.01. The maximum atomic E-state index is 12.7. The van der Waals surface area contributed by atoms with Crippen molar-refractivity contribution in [2.24, 2.45) is 11.7 Å². The number of nitrogens with zero attached hydrogens (tertiary/aromatic N) is 4. The van der Waals surface area contributed by atoms with Crippen molar-refractivity contribution in [3.63, 3.8) is 0 Å². The maximum absolute atomic E-state index is 12.7. The van der Waals surface area contributed by atoms with E-state index in [9.17, 15) is 4.79 Å². The molecule has 2 atom stereocenters. The second-order valence-electron chi connectivity index (χ2n) is 5.86. The number of amides is 1. The first-order chi connectivity index (χ1) is 10.6. The molecule has 1 aliphatic rings. The third-order valence-electron chi connectivity index (χ3n) is 4.22. The van der Waals surface area contributed by atoms with Crippen LogP contribution in [0.4, 0.5) is 0 Å². The van der Waals surface area contributed by atoms with Gasteiger partial charge < -0.3 is 10.6 Å². The van der Waals surface area contributed by atoms with Gasteiger partial charge >= 0.3 is 0 Å². The van der Waals surface area contributed by atoms with E-state index in [-0.39, 0.29) is 11.9 Å². The van der Waals surface area contributed by atoms with Crippen molar-refractivity contribution in [2.45, 2.75) is 25.8 Å². The standard InChI is InChI=1S/C16H21N5O/c1-12(17)13-4-2-8-20(11-13)16(22)15-10-14(5-7-18-15)21-9-3-6-19-21/h3,5-7,9-10,12-13H,2,4,8,11,17H2,1H3/t12-,13+/m1/s1. The average molecular weight is 299 g/mol. The molecular formula is C16H21N5O. The van der Waals surface area contributed by atoms with Gasteiger partial charge in [0.05, 0.1) is 5.69 Å². The van der Waals surface area contributed by atoms with Gasteiger partial charge in [0, 0.05) is 37.7 Å². The van der Waals surface area contributed by atoms with Crippen LogP contribution in [0.25, 0.3) is 5.69 Å². The lowest BCUT2D eigenvalue weighted by Gasteiger charge is -2.34. The summed E-state index contributed by atoms with van der Waals surface area (Å²) in [5.74, 6) is 0.339. The smallest absolute Gasteiger partial charge is 0.272 e. The van der Waals surface area contributed by atoms with Crippen LogP contribution in [0, 0.1) is 5.92 Å². The summed E-state index contributed by atoms with van der Waals surface area (Å²) in [5, 5.41) is 4.18. The molecule has 6 heteroatoms. The van der Waals surface area contributed by atoms with Crippen LogP contribution >= 0.6 is 0 Å². The van der Waals surface area contributed by atoms with Crippen LogP contribution in [-0.4, -0.2) is 44.7 Å². The molecule has 0 radical (unpaired) electrons. The van der Waals surface area contributed by atoms with E-state index in [4.69, 9.17) is 5.73 Å². The first-order valence-electron chi connectivity index (χ1n) is 7.66. The molecule has 2 aromatic rings. The number of rotatable bonds is 3. The normalized spacial score (nSPS) is 19.9. The van der Waals surface area contributed by atoms with Crippen LogP contribution in [0.5, 0.6) is 0 Å². The minimum atomic E-state index is -0.0284. The highest BCUT2D eigenvalue weighted by atomic mass is 16.2. The zero-order chi connectivity index (χ0) is 15.5. The van der Waals surface area contributed by atoms with Crippen LogP contribution in [0.1, 0.15) is 30.3 Å². The van der Waals surface area contributed by atoms with Gasteiger partial charge in [-0.15, -0.1) is 0 Å². The summed E-state index contributed by atoms with van der Waals surface area (Å²) in [5.41, 5.74) is 7.29. The highest BCUT2D eigenvalue weighted by Crippen LogP contribution is 2.20. The second kappa shape index (κ2) is 6.27. The summed E-state index contributed by atoms with van der Waals surface area (Å²) in [6.45, 7) is 3.50. The number of pyridine rings is 1. The molecule has 1 aliphatic heterocycles. The van der Waals surface area contributed by atoms with Crippen molar-refractivity contribution in [1.82, 2.24) is 19.7 Å². The van der Waals surface area contributed by atoms with E-state index in [0.717, 1.165) is 25.1 Å². The topological polar surface area (TPSA) is 77.0 Å². The van der Waals surface area contributed by atoms with E-state index >= 15 is 0 Å². The summed E-state index contributed by atoms with van der Waals surface area (Å²) in [4.78, 5) is 18.8. The molecule has 2 N–H and O–H groups in total. The van der Waals surface area contributed by atoms with Crippen molar-refractivity contribution < 1.29 is 4.79 Å². The van der Waals surface area contributed by atoms with Crippen LogP contribution in [-0.2, 0) is 0 Å². The number of nitrogens with two attached hydrogens (primary N) is 1. The molecule has 0 aliphatic carbocycles. The van der Waals surface area contributed by atoms with E-state index in [2.05, 4.69) is 10.1 Å². The van der Waals surface area contributed by atoms with Crippen molar-refractivity contribution in [2.75, 3.05) is 13.1 Å². The minimum absolute atomic E-state index is 0.0284. The van der Waals surface area contributed by atoms with Gasteiger partial charge in [0.25, 0.3) is 5.91 Å². The van der Waals surface area contributed by atoms with Crippen molar-refractivity contribution in [3.8, 4) is 5.69 Å². The number of hydrogen-bond donors (Lipinski definition) is 1. The van der Waals surface area contributed by atoms with Gasteiger partial charge in [0.15, 0.2) is 0 Å². The van der Waals surface area contributed by atoms with Crippen LogP contribution < -0.4 is 5.73 Å². The summed E-state index contributed by atoms with van der Waals surface area (Å²) in [6.07, 6.45) is 7.28. The molecule has 116 valence electrons. The number of piperidine rings is 1. The summed E-state index contributed by atoms with van der Waals surface area (Å²) in [6, 6.07) is 5.58. The van der Waals surface area contributed by atoms with Gasteiger partial charge in [0.2, 0.25) is 0 Å². The Bertz CT molecular complexity index is 638. The summed E-state index contributed by atoms with van der Waals surface area (Å²) in [7, 11) is 0. The minimum Gasteiger partial charge on any atom is -0.337 e. The van der Waals surface area contributed by atoms with Gasteiger partial charge in [0.1, 0.15) is 5.69 Å². The second-order valence-corrected chi connectivity index (χ2v) is 5.86. The van der Waals surface area contributed by atoms with Crippen molar-refractivity contribution in [1.29, 1.82) is 0 Å². The predicted molar refractivity (Wildman–Crippen MR) is 83.6 cm³/mol. The number of aromatic nitrogens is 3. The lowest BCUT2D eigenvalue weighted by Crippen LogP contribution is -2.45. The molecular weight excluding hydrogens is 278 g/mol. The van der Waals surface area contributed by atoms with Crippen LogP contribution in [0.3, 0.4) is 0 Å². The van der Waals surface area contributed by atoms with Crippen LogP contribution in [0.2, 0.25) is 0 Å². The lowest BCUT2D eigenvalue weighted by molar-refractivity contribution is 0.0655. The highest BCUT2D eigenvalue weighted by molar-refractivity contribution is 5.92. The van der Waals surface area contributed by atoms with E-state index in [1.54, 1.807) is 23.1 Å². The van der Waals surface area contributed by atoms with Crippen molar-refractivity contribution in [3.05, 3.63) is 42.5 Å². The Morgan fingerprint density at radius 2 is 2.32 bits per heavy atom. The average Bonchev–Trinajstić information content (AvgIpc) is 3.09. The summed E-state index contributed by atoms with van der Waals surface area (Å²) < 4.78 is 1.72. The fraction of sp³-hybridized carbons (Fsp3) is 0.438. The Balaban J connectivity index is 1.79. The van der Waals surface area contributed by atoms with Crippen LogP contribution in [0.15, 0.2) is 36.8 Å². The Morgan fingerprint density at radius 1 is 1.45 bits per heavy atom. The third-order valence-corrected chi connectivity index (χ3v) is 4.22. The zero-order valence-corrected chi connectivity index (χ0v) is 12.7. The molecule has 22 heavy (non-hydrogen) atoms. The number of likely N-dealkylation sites (tertiary alicyclic amines) is 1. The van der Waals surface area contributed by atoms with Gasteiger partial charge in [-0.2, -0.15) is 5.10 Å². The molecule has 0 unspecified atom stereocenters. The van der Waals surface area contributed by atoms with Crippen molar-refractivity contribution >= 4 is 5.91 Å². The molecule has 0 spiro atoms. The lowest BCUT2D eigenvalue weighted by atomic mass is 9.92. The van der Waals surface area contributed by atoms with E-state index in [1.165, 1.54) is 0 Å². The highest BCUT2D eigenvalue weighted by Gasteiger charge is 2.27. The molecule has 2 aromatic heterocycles. The van der Waals surface area contributed by atoms with E-state index in [1.807, 2.05) is 30.2 Å². The molecule has 3 rings (SSSR count). The van der Waals surface area contributed by atoms with E-state index < -0.39 is 0 Å². The quantitative estimate of drug-likeness (QED) is 0.931. The Labute approximate surface area is 129 Å². The Kier molecular flexibility index (Phi) is 4.20. The van der Waals surface area contributed by atoms with Gasteiger partial charge in [-0.05, 0) is 43.9 Å². The molecule has 0 bridgehead atoms. The number of carbonyl (C=O) groups excluding carboxylic acids is 1. The predicted octanol–water partition coefficient (Wildman–Crippen LogP) is 1.47. The molecule has 0 aromatic carbocycles. The molecule has 1 saturated heterocycles. The van der Waals surface area contributed by atoms with Gasteiger partial charge in [-0.1, -0.05) is 0 Å². The maximum Gasteiger partial charge on any atom is 0.272 e. The molecule has 1 amide bonds. The fourth-order valence-electron chi connectivity index (χ4n) is 2.89. The molecule has 0 saturated carbocycles. The molecule has 6 nitrogen and oxygen atoms in total. The van der Waals surface area contributed by atoms with Gasteiger partial charge in [-0.25, -0.2) is 4.68 Å². The summed E-state index contributed by atoms with van der Waals surface area (Å²) >= 11 is 0. The SMILES string of the molecule is C[C@@H](N)[C@H]1CCCN(C(=O)c2cc(-n3cccn3)ccn2)C1. The Hall–Kier alpha value is -2.21. The first-order valence-corrected chi connectivity index (χ1v) is 7.66. The number of hydrogen-bond acceptors (Lipinski definition) is 4. The largest absolute Gasteiger partial charge is 0.337 e. The van der Waals surface area contributed by atoms with Gasteiger partial charge in [-0.3, -0.25) is 9.78 Å². The molecule has 3 heterocycles. The monoisotopic (exact) mass is 299 g/mol. The zero-order valence-electron chi connectivity index (χ0n) is 12.7. The molecule has 1 fully saturated rings. The fourth-order valence-corrected chi connectivity index (χ4v) is 2.89.